The van der Waals surface area contributed by atoms with Gasteiger partial charge in [0.15, 0.2) is 0 Å². The molecule has 4 heteroatoms. The Kier molecular flexibility index (Phi) is 3.50. The van der Waals surface area contributed by atoms with E-state index in [0.29, 0.717) is 11.3 Å². The van der Waals surface area contributed by atoms with Gasteiger partial charge in [-0.3, -0.25) is 0 Å². The Morgan fingerprint density at radius 2 is 2.00 bits per heavy atom. The highest BCUT2D eigenvalue weighted by Gasteiger charge is 2.14. The molecule has 0 saturated carbocycles. The first-order chi connectivity index (χ1) is 8.67. The van der Waals surface area contributed by atoms with Gasteiger partial charge in [0.2, 0.25) is 0 Å². The Labute approximate surface area is 111 Å². The first kappa shape index (κ1) is 12.4. The largest absolute Gasteiger partial charge is 0.496 e. The van der Waals surface area contributed by atoms with Crippen LogP contribution in [0.15, 0.2) is 30.3 Å². The summed E-state index contributed by atoms with van der Waals surface area (Å²) in [5.74, 6) is 0.704. The topological polar surface area (TPSA) is 45.9 Å². The van der Waals surface area contributed by atoms with E-state index in [1.807, 2.05) is 37.3 Å². The summed E-state index contributed by atoms with van der Waals surface area (Å²) in [6.45, 7) is 1.84. The summed E-state index contributed by atoms with van der Waals surface area (Å²) in [4.78, 5) is 4.09. The maximum Gasteiger partial charge on any atom is 0.147 e. The molecule has 0 spiro atoms. The molecule has 2 aromatic rings. The quantitative estimate of drug-likeness (QED) is 0.774. The van der Waals surface area contributed by atoms with Gasteiger partial charge in [0, 0.05) is 16.8 Å². The van der Waals surface area contributed by atoms with Gasteiger partial charge in [-0.05, 0) is 19.1 Å². The van der Waals surface area contributed by atoms with Crippen LogP contribution < -0.4 is 4.74 Å². The first-order valence-electron chi connectivity index (χ1n) is 5.38. The number of nitrogens with zero attached hydrogens (tertiary/aromatic N) is 2. The molecule has 18 heavy (non-hydrogen) atoms. The van der Waals surface area contributed by atoms with Crippen molar-refractivity contribution in [2.24, 2.45) is 0 Å². The molecule has 0 radical (unpaired) electrons. The third kappa shape index (κ3) is 2.15. The molecule has 3 nitrogen and oxygen atoms in total. The SMILES string of the molecule is COc1ccccc1-c1cc(C)nc(Cl)c1C#N. The van der Waals surface area contributed by atoms with E-state index in [0.717, 1.165) is 16.8 Å². The molecular weight excluding hydrogens is 248 g/mol. The number of para-hydroxylation sites is 1. The van der Waals surface area contributed by atoms with E-state index in [-0.39, 0.29) is 5.15 Å². The average Bonchev–Trinajstić information content (AvgIpc) is 2.38. The van der Waals surface area contributed by atoms with E-state index in [1.165, 1.54) is 0 Å². The van der Waals surface area contributed by atoms with Crippen LogP contribution in [0.3, 0.4) is 0 Å². The van der Waals surface area contributed by atoms with E-state index in [9.17, 15) is 5.26 Å². The van der Waals surface area contributed by atoms with Crippen LogP contribution in [-0.4, -0.2) is 12.1 Å². The molecule has 0 N–H and O–H groups in total. The van der Waals surface area contributed by atoms with Crippen molar-refractivity contribution >= 4 is 11.6 Å². The molecule has 0 bridgehead atoms. The minimum atomic E-state index is 0.221. The zero-order valence-corrected chi connectivity index (χ0v) is 10.8. The molecule has 0 aliphatic heterocycles. The summed E-state index contributed by atoms with van der Waals surface area (Å²) in [7, 11) is 1.60. The molecule has 90 valence electrons. The standard InChI is InChI=1S/C14H11ClN2O/c1-9-7-11(12(8-16)14(15)17-9)10-5-3-4-6-13(10)18-2/h3-7H,1-2H3. The van der Waals surface area contributed by atoms with E-state index < -0.39 is 0 Å². The summed E-state index contributed by atoms with van der Waals surface area (Å²) in [5, 5.41) is 9.42. The Bertz CT molecular complexity index is 632. The second-order valence-electron chi connectivity index (χ2n) is 3.79. The minimum absolute atomic E-state index is 0.221. The Morgan fingerprint density at radius 3 is 2.67 bits per heavy atom. The van der Waals surface area contributed by atoms with E-state index in [4.69, 9.17) is 16.3 Å². The highest BCUT2D eigenvalue weighted by Crippen LogP contribution is 2.34. The van der Waals surface area contributed by atoms with Gasteiger partial charge in [0.25, 0.3) is 0 Å². The minimum Gasteiger partial charge on any atom is -0.496 e. The molecule has 0 aliphatic carbocycles. The number of benzene rings is 1. The van der Waals surface area contributed by atoms with Crippen LogP contribution in [0.1, 0.15) is 11.3 Å². The van der Waals surface area contributed by atoms with Crippen molar-refractivity contribution in [1.29, 1.82) is 5.26 Å². The zero-order chi connectivity index (χ0) is 13.1. The summed E-state index contributed by atoms with van der Waals surface area (Å²) in [6.07, 6.45) is 0. The fourth-order valence-electron chi connectivity index (χ4n) is 1.82. The van der Waals surface area contributed by atoms with Crippen LogP contribution in [0.2, 0.25) is 5.15 Å². The fourth-order valence-corrected chi connectivity index (χ4v) is 2.10. The van der Waals surface area contributed by atoms with Crippen molar-refractivity contribution in [3.8, 4) is 22.9 Å². The Balaban J connectivity index is 2.75. The number of ether oxygens (including phenoxy) is 1. The predicted molar refractivity (Wildman–Crippen MR) is 70.7 cm³/mol. The van der Waals surface area contributed by atoms with Gasteiger partial charge in [-0.25, -0.2) is 4.98 Å². The van der Waals surface area contributed by atoms with Crippen molar-refractivity contribution in [2.75, 3.05) is 7.11 Å². The average molecular weight is 259 g/mol. The number of methoxy groups -OCH3 is 1. The Hall–Kier alpha value is -2.05. The summed E-state index contributed by atoms with van der Waals surface area (Å²) in [6, 6.07) is 11.4. The Morgan fingerprint density at radius 1 is 1.28 bits per heavy atom. The second-order valence-corrected chi connectivity index (χ2v) is 4.15. The number of halogens is 1. The maximum absolute atomic E-state index is 9.20. The molecule has 0 amide bonds. The van der Waals surface area contributed by atoms with Crippen LogP contribution in [0.5, 0.6) is 5.75 Å². The monoisotopic (exact) mass is 258 g/mol. The zero-order valence-electron chi connectivity index (χ0n) is 10.1. The number of pyridine rings is 1. The predicted octanol–water partition coefficient (Wildman–Crippen LogP) is 3.59. The normalized spacial score (nSPS) is 9.89. The smallest absolute Gasteiger partial charge is 0.147 e. The van der Waals surface area contributed by atoms with Gasteiger partial charge in [-0.1, -0.05) is 29.8 Å². The molecule has 1 heterocycles. The van der Waals surface area contributed by atoms with Crippen molar-refractivity contribution < 1.29 is 4.74 Å². The van der Waals surface area contributed by atoms with E-state index in [2.05, 4.69) is 11.1 Å². The third-order valence-corrected chi connectivity index (χ3v) is 2.89. The van der Waals surface area contributed by atoms with Crippen LogP contribution in [-0.2, 0) is 0 Å². The van der Waals surface area contributed by atoms with Gasteiger partial charge >= 0.3 is 0 Å². The summed E-state index contributed by atoms with van der Waals surface area (Å²) < 4.78 is 5.31. The second kappa shape index (κ2) is 5.07. The lowest BCUT2D eigenvalue weighted by atomic mass is 10.0. The van der Waals surface area contributed by atoms with Crippen molar-refractivity contribution in [3.05, 3.63) is 46.7 Å². The lowest BCUT2D eigenvalue weighted by Gasteiger charge is -2.11. The molecular formula is C14H11ClN2O. The molecule has 0 saturated heterocycles. The number of aryl methyl sites for hydroxylation is 1. The molecule has 0 unspecified atom stereocenters. The van der Waals surface area contributed by atoms with Gasteiger partial charge < -0.3 is 4.74 Å². The number of aromatic nitrogens is 1. The third-order valence-electron chi connectivity index (χ3n) is 2.61. The lowest BCUT2D eigenvalue weighted by Crippen LogP contribution is -1.94. The van der Waals surface area contributed by atoms with Gasteiger partial charge in [-0.15, -0.1) is 0 Å². The van der Waals surface area contributed by atoms with E-state index >= 15 is 0 Å². The maximum atomic E-state index is 9.20. The van der Waals surface area contributed by atoms with Crippen LogP contribution in [0.4, 0.5) is 0 Å². The van der Waals surface area contributed by atoms with Gasteiger partial charge in [-0.2, -0.15) is 5.26 Å². The van der Waals surface area contributed by atoms with Crippen LogP contribution in [0, 0.1) is 18.3 Å². The molecule has 2 rings (SSSR count). The number of nitriles is 1. The number of rotatable bonds is 2. The molecule has 1 aromatic heterocycles. The fraction of sp³-hybridized carbons (Fsp3) is 0.143. The van der Waals surface area contributed by atoms with Crippen LogP contribution >= 0.6 is 11.6 Å². The number of hydrogen-bond acceptors (Lipinski definition) is 3. The molecule has 0 atom stereocenters. The van der Waals surface area contributed by atoms with Gasteiger partial charge in [0.05, 0.1) is 12.7 Å². The molecule has 1 aromatic carbocycles. The van der Waals surface area contributed by atoms with Crippen molar-refractivity contribution in [3.63, 3.8) is 0 Å². The van der Waals surface area contributed by atoms with Crippen LogP contribution in [0.25, 0.3) is 11.1 Å². The highest BCUT2D eigenvalue weighted by molar-refractivity contribution is 6.31. The van der Waals surface area contributed by atoms with Crippen molar-refractivity contribution in [2.45, 2.75) is 6.92 Å². The summed E-state index contributed by atoms with van der Waals surface area (Å²) >= 11 is 6.01. The van der Waals surface area contributed by atoms with Crippen molar-refractivity contribution in [1.82, 2.24) is 4.98 Å². The summed E-state index contributed by atoms with van der Waals surface area (Å²) in [5.41, 5.74) is 2.71. The first-order valence-corrected chi connectivity index (χ1v) is 5.75. The number of hydrogen-bond donors (Lipinski definition) is 0. The molecule has 0 aliphatic rings. The van der Waals surface area contributed by atoms with E-state index in [1.54, 1.807) is 7.11 Å². The highest BCUT2D eigenvalue weighted by atomic mass is 35.5. The lowest BCUT2D eigenvalue weighted by molar-refractivity contribution is 0.416. The molecule has 0 fully saturated rings. The van der Waals surface area contributed by atoms with Gasteiger partial charge in [0.1, 0.15) is 17.0 Å².